The fourth-order valence-electron chi connectivity index (χ4n) is 2.32. The topological polar surface area (TPSA) is 124 Å². The highest BCUT2D eigenvalue weighted by Crippen LogP contribution is 2.36. The summed E-state index contributed by atoms with van der Waals surface area (Å²) in [6.45, 7) is -0.369. The summed E-state index contributed by atoms with van der Waals surface area (Å²) in [6, 6.07) is 0. The van der Waals surface area contributed by atoms with Gasteiger partial charge in [0.2, 0.25) is 0 Å². The second-order valence-corrected chi connectivity index (χ2v) is 5.27. The van der Waals surface area contributed by atoms with Gasteiger partial charge in [0, 0.05) is 0 Å². The molecule has 1 saturated heterocycles. The molecule has 4 atom stereocenters. The second kappa shape index (κ2) is 5.26. The first-order valence-corrected chi connectivity index (χ1v) is 7.25. The number of fused-ring (bicyclic) bond motifs is 1. The summed E-state index contributed by atoms with van der Waals surface area (Å²) >= 11 is 1.43. The molecule has 4 N–H and O–H groups in total. The summed E-state index contributed by atoms with van der Waals surface area (Å²) < 4.78 is 5.47. The lowest BCUT2D eigenvalue weighted by Crippen LogP contribution is -2.32. The fraction of sp³-hybridized carbons (Fsp3) is 0.545. The number of H-pyrrole nitrogens is 1. The van der Waals surface area contributed by atoms with Crippen molar-refractivity contribution in [1.82, 2.24) is 20.2 Å². The standard InChI is InChI=1S/C11H14N4O4S/c1-20-11-7-5(12-3-13-11)6(14-15-7)10-9(18)8(17)4(2-16)19-10/h3-4,8-10,16-18H,2H2,1H3,(H,14,15)/t4-,8+,9-,10+/m0/s1. The highest BCUT2D eigenvalue weighted by Gasteiger charge is 2.44. The third-order valence-corrected chi connectivity index (χ3v) is 4.04. The molecular weight excluding hydrogens is 284 g/mol. The maximum absolute atomic E-state index is 10.0. The van der Waals surface area contributed by atoms with Crippen LogP contribution in [0.3, 0.4) is 0 Å². The number of aliphatic hydroxyl groups is 3. The van der Waals surface area contributed by atoms with Gasteiger partial charge in [0.05, 0.1) is 12.3 Å². The fourth-order valence-corrected chi connectivity index (χ4v) is 2.80. The van der Waals surface area contributed by atoms with Crippen LogP contribution in [0.5, 0.6) is 0 Å². The highest BCUT2D eigenvalue weighted by molar-refractivity contribution is 7.98. The van der Waals surface area contributed by atoms with Crippen LogP contribution in [-0.2, 0) is 4.74 Å². The quantitative estimate of drug-likeness (QED) is 0.430. The number of hydrogen-bond donors (Lipinski definition) is 4. The van der Waals surface area contributed by atoms with Crippen molar-refractivity contribution in [2.24, 2.45) is 0 Å². The molecule has 0 aliphatic carbocycles. The van der Waals surface area contributed by atoms with Gasteiger partial charge in [-0.15, -0.1) is 11.8 Å². The third kappa shape index (κ3) is 1.98. The molecule has 108 valence electrons. The van der Waals surface area contributed by atoms with Crippen LogP contribution in [0.1, 0.15) is 11.8 Å². The van der Waals surface area contributed by atoms with Gasteiger partial charge in [-0.25, -0.2) is 9.97 Å². The van der Waals surface area contributed by atoms with Crippen LogP contribution in [0, 0.1) is 0 Å². The van der Waals surface area contributed by atoms with Crippen LogP contribution < -0.4 is 0 Å². The Kier molecular flexibility index (Phi) is 3.61. The number of ether oxygens (including phenoxy) is 1. The molecule has 1 aliphatic rings. The van der Waals surface area contributed by atoms with Crippen LogP contribution in [0.15, 0.2) is 11.4 Å². The van der Waals surface area contributed by atoms with Crippen molar-refractivity contribution in [3.63, 3.8) is 0 Å². The van der Waals surface area contributed by atoms with Crippen molar-refractivity contribution >= 4 is 22.8 Å². The van der Waals surface area contributed by atoms with Gasteiger partial charge in [-0.05, 0) is 6.26 Å². The van der Waals surface area contributed by atoms with E-state index in [1.165, 1.54) is 18.1 Å². The lowest BCUT2D eigenvalue weighted by molar-refractivity contribution is -0.0236. The third-order valence-electron chi connectivity index (χ3n) is 3.35. The molecule has 2 aromatic rings. The van der Waals surface area contributed by atoms with Crippen molar-refractivity contribution in [1.29, 1.82) is 0 Å². The second-order valence-electron chi connectivity index (χ2n) is 4.48. The predicted molar refractivity (Wildman–Crippen MR) is 70.2 cm³/mol. The molecule has 1 aliphatic heterocycles. The summed E-state index contributed by atoms with van der Waals surface area (Å²) in [6.07, 6.45) is -0.641. The average Bonchev–Trinajstić information content (AvgIpc) is 3.01. The number of nitrogens with one attached hydrogen (secondary N) is 1. The lowest BCUT2D eigenvalue weighted by Gasteiger charge is -2.12. The van der Waals surface area contributed by atoms with E-state index < -0.39 is 24.4 Å². The molecule has 8 nitrogen and oxygen atoms in total. The Morgan fingerprint density at radius 2 is 2.10 bits per heavy atom. The minimum absolute atomic E-state index is 0.369. The zero-order valence-corrected chi connectivity index (χ0v) is 11.4. The van der Waals surface area contributed by atoms with Crippen molar-refractivity contribution in [3.8, 4) is 0 Å². The number of aromatic amines is 1. The molecule has 0 bridgehead atoms. The summed E-state index contributed by atoms with van der Waals surface area (Å²) in [5, 5.41) is 36.6. The van der Waals surface area contributed by atoms with Gasteiger partial charge in [-0.3, -0.25) is 5.10 Å². The van der Waals surface area contributed by atoms with Crippen LogP contribution in [0.2, 0.25) is 0 Å². The first kappa shape index (κ1) is 13.7. The summed E-state index contributed by atoms with van der Waals surface area (Å²) in [5.41, 5.74) is 1.60. The Balaban J connectivity index is 2.03. The number of thioether (sulfide) groups is 1. The summed E-state index contributed by atoms with van der Waals surface area (Å²) in [5.74, 6) is 0. The van der Waals surface area contributed by atoms with Gasteiger partial charge in [0.15, 0.2) is 0 Å². The SMILES string of the molecule is CSc1ncnc2c([C@H]3O[C@@H](CO)[C@@H](O)[C@@H]3O)[nH]nc12. The van der Waals surface area contributed by atoms with E-state index in [-0.39, 0.29) is 6.61 Å². The first-order chi connectivity index (χ1) is 9.67. The van der Waals surface area contributed by atoms with E-state index in [2.05, 4.69) is 20.2 Å². The Morgan fingerprint density at radius 1 is 1.30 bits per heavy atom. The van der Waals surface area contributed by atoms with Gasteiger partial charge in [0.25, 0.3) is 0 Å². The van der Waals surface area contributed by atoms with Gasteiger partial charge >= 0.3 is 0 Å². The van der Waals surface area contributed by atoms with Gasteiger partial charge in [0.1, 0.15) is 46.8 Å². The van der Waals surface area contributed by atoms with Crippen LogP contribution in [0.25, 0.3) is 11.0 Å². The number of rotatable bonds is 3. The summed E-state index contributed by atoms with van der Waals surface area (Å²) in [4.78, 5) is 8.26. The molecule has 0 amide bonds. The monoisotopic (exact) mass is 298 g/mol. The van der Waals surface area contributed by atoms with Crippen LogP contribution in [-0.4, -0.2) is 66.7 Å². The smallest absolute Gasteiger partial charge is 0.143 e. The molecule has 0 radical (unpaired) electrons. The number of aromatic nitrogens is 4. The van der Waals surface area contributed by atoms with Crippen molar-refractivity contribution < 1.29 is 20.1 Å². The Labute approximate surface area is 118 Å². The van der Waals surface area contributed by atoms with Crippen LogP contribution >= 0.6 is 11.8 Å². The highest BCUT2D eigenvalue weighted by atomic mass is 32.2. The van der Waals surface area contributed by atoms with Gasteiger partial charge in [-0.1, -0.05) is 0 Å². The zero-order valence-electron chi connectivity index (χ0n) is 10.6. The van der Waals surface area contributed by atoms with E-state index in [1.807, 2.05) is 6.26 Å². The molecule has 20 heavy (non-hydrogen) atoms. The Hall–Kier alpha value is -1.26. The van der Waals surface area contributed by atoms with E-state index in [9.17, 15) is 10.2 Å². The minimum Gasteiger partial charge on any atom is -0.394 e. The van der Waals surface area contributed by atoms with Crippen molar-refractivity contribution in [3.05, 3.63) is 12.0 Å². The van der Waals surface area contributed by atoms with E-state index >= 15 is 0 Å². The number of aliphatic hydroxyl groups excluding tert-OH is 3. The zero-order chi connectivity index (χ0) is 14.3. The molecule has 0 spiro atoms. The first-order valence-electron chi connectivity index (χ1n) is 6.02. The minimum atomic E-state index is -1.15. The van der Waals surface area contributed by atoms with E-state index in [4.69, 9.17) is 9.84 Å². The molecule has 3 heterocycles. The molecule has 9 heteroatoms. The number of nitrogens with zero attached hydrogens (tertiary/aromatic N) is 3. The molecular formula is C11H14N4O4S. The maximum atomic E-state index is 10.0. The largest absolute Gasteiger partial charge is 0.394 e. The van der Waals surface area contributed by atoms with Crippen molar-refractivity contribution in [2.75, 3.05) is 12.9 Å². The van der Waals surface area contributed by atoms with E-state index in [0.717, 1.165) is 0 Å². The molecule has 1 fully saturated rings. The summed E-state index contributed by atoms with van der Waals surface area (Å²) in [7, 11) is 0. The maximum Gasteiger partial charge on any atom is 0.143 e. The molecule has 3 rings (SSSR count). The average molecular weight is 298 g/mol. The van der Waals surface area contributed by atoms with Gasteiger partial charge in [-0.2, -0.15) is 5.10 Å². The Morgan fingerprint density at radius 3 is 2.75 bits per heavy atom. The van der Waals surface area contributed by atoms with Crippen molar-refractivity contribution in [2.45, 2.75) is 29.4 Å². The van der Waals surface area contributed by atoms with Gasteiger partial charge < -0.3 is 20.1 Å². The predicted octanol–water partition coefficient (Wildman–Crippen LogP) is -0.771. The molecule has 0 aromatic carbocycles. The Bertz CT molecular complexity index is 621. The lowest BCUT2D eigenvalue weighted by atomic mass is 10.1. The molecule has 2 aromatic heterocycles. The normalized spacial score (nSPS) is 30.2. The van der Waals surface area contributed by atoms with Crippen LogP contribution in [0.4, 0.5) is 0 Å². The van der Waals surface area contributed by atoms with E-state index in [1.54, 1.807) is 0 Å². The molecule has 0 unspecified atom stereocenters. The van der Waals surface area contributed by atoms with E-state index in [0.29, 0.717) is 21.8 Å². The number of hydrogen-bond acceptors (Lipinski definition) is 8. The molecule has 0 saturated carbocycles.